The van der Waals surface area contributed by atoms with Gasteiger partial charge in [-0.2, -0.15) is 0 Å². The summed E-state index contributed by atoms with van der Waals surface area (Å²) >= 11 is 0. The number of hydrogen-bond donors (Lipinski definition) is 3. The zero-order chi connectivity index (χ0) is 18.0. The number of hydrogen-bond acceptors (Lipinski definition) is 2. The van der Waals surface area contributed by atoms with Crippen LogP contribution < -0.4 is 5.43 Å². The molecule has 3 aromatic heterocycles. The van der Waals surface area contributed by atoms with E-state index in [1.807, 2.05) is 18.2 Å². The molecule has 5 nitrogen and oxygen atoms in total. The van der Waals surface area contributed by atoms with Crippen LogP contribution in [0.25, 0.3) is 44.0 Å². The van der Waals surface area contributed by atoms with E-state index in [-0.39, 0.29) is 16.5 Å². The van der Waals surface area contributed by atoms with Gasteiger partial charge in [-0.05, 0) is 25.1 Å². The molecule has 0 aliphatic rings. The highest BCUT2D eigenvalue weighted by atomic mass is 19.1. The summed E-state index contributed by atoms with van der Waals surface area (Å²) in [6.45, 7) is 1.71. The first kappa shape index (κ1) is 14.8. The van der Waals surface area contributed by atoms with Crippen LogP contribution in [-0.2, 0) is 0 Å². The minimum Gasteiger partial charge on any atom is -0.361 e. The average molecular weight is 350 g/mol. The van der Waals surface area contributed by atoms with Crippen molar-refractivity contribution in [1.29, 1.82) is 0 Å². The molecule has 5 rings (SSSR count). The van der Waals surface area contributed by atoms with Crippen molar-refractivity contribution >= 4 is 32.7 Å². The predicted molar refractivity (Wildman–Crippen MR) is 96.2 cm³/mol. The molecule has 3 heterocycles. The molecular weight excluding hydrogens is 338 g/mol. The van der Waals surface area contributed by atoms with E-state index in [4.69, 9.17) is 0 Å². The van der Waals surface area contributed by atoms with Gasteiger partial charge in [0.1, 0.15) is 5.82 Å². The van der Waals surface area contributed by atoms with Crippen LogP contribution in [0.1, 0.15) is 5.69 Å². The van der Waals surface area contributed by atoms with E-state index in [2.05, 4.69) is 20.2 Å². The van der Waals surface area contributed by atoms with Gasteiger partial charge in [0, 0.05) is 45.2 Å². The molecule has 0 spiro atoms. The number of benzene rings is 2. The maximum Gasteiger partial charge on any atom is 0.217 e. The molecule has 0 saturated heterocycles. The first-order chi connectivity index (χ1) is 12.5. The highest BCUT2D eigenvalue weighted by Crippen LogP contribution is 2.35. The van der Waals surface area contributed by atoms with Gasteiger partial charge in [-0.1, -0.05) is 6.07 Å². The second-order valence-corrected chi connectivity index (χ2v) is 6.26. The molecule has 7 heteroatoms. The zero-order valence-electron chi connectivity index (χ0n) is 13.6. The first-order valence-corrected chi connectivity index (χ1v) is 8.01. The number of pyridine rings is 1. The number of aryl methyl sites for hydroxylation is 1. The van der Waals surface area contributed by atoms with Gasteiger partial charge in [-0.3, -0.25) is 9.89 Å². The Balaban J connectivity index is 2.01. The fourth-order valence-electron chi connectivity index (χ4n) is 3.49. The largest absolute Gasteiger partial charge is 0.361 e. The zero-order valence-corrected chi connectivity index (χ0v) is 13.6. The Bertz CT molecular complexity index is 1390. The number of halogens is 2. The monoisotopic (exact) mass is 350 g/mol. The van der Waals surface area contributed by atoms with Crippen LogP contribution in [0.4, 0.5) is 8.78 Å². The van der Waals surface area contributed by atoms with Crippen molar-refractivity contribution in [3.63, 3.8) is 0 Å². The molecule has 0 fully saturated rings. The van der Waals surface area contributed by atoms with E-state index >= 15 is 0 Å². The molecule has 0 radical (unpaired) electrons. The van der Waals surface area contributed by atoms with Crippen molar-refractivity contribution in [2.45, 2.75) is 6.92 Å². The Hall–Kier alpha value is -3.48. The maximum absolute atomic E-state index is 14.8. The van der Waals surface area contributed by atoms with Gasteiger partial charge in [-0.15, -0.1) is 0 Å². The van der Waals surface area contributed by atoms with Gasteiger partial charge in [0.15, 0.2) is 11.5 Å². The number of aromatic nitrogens is 4. The van der Waals surface area contributed by atoms with Crippen LogP contribution >= 0.6 is 0 Å². The van der Waals surface area contributed by atoms with E-state index in [1.165, 1.54) is 0 Å². The smallest absolute Gasteiger partial charge is 0.217 e. The summed E-state index contributed by atoms with van der Waals surface area (Å²) < 4.78 is 29.5. The van der Waals surface area contributed by atoms with Crippen LogP contribution in [-0.4, -0.2) is 20.2 Å². The molecule has 0 atom stereocenters. The molecule has 0 aliphatic carbocycles. The quantitative estimate of drug-likeness (QED) is 0.425. The summed E-state index contributed by atoms with van der Waals surface area (Å²) in [5, 5.41) is 6.95. The van der Waals surface area contributed by atoms with Crippen LogP contribution in [0.15, 0.2) is 41.3 Å². The fourth-order valence-corrected chi connectivity index (χ4v) is 3.49. The van der Waals surface area contributed by atoms with Gasteiger partial charge in [0.05, 0.1) is 11.1 Å². The molecule has 0 amide bonds. The molecular formula is C19H12F2N4O. The number of H-pyrrole nitrogens is 3. The normalized spacial score (nSPS) is 11.8. The Morgan fingerprint density at radius 1 is 1.00 bits per heavy atom. The molecule has 0 bridgehead atoms. The average Bonchev–Trinajstić information content (AvgIpc) is 3.24. The third-order valence-electron chi connectivity index (χ3n) is 4.70. The molecule has 0 aliphatic heterocycles. The standard InChI is InChI=1S/C19H12F2N4O/c1-8-14-16-15(11(20)7-13(26)17(16)21)18(23-19(14)25-24-8)10-2-3-12-9(6-10)4-5-22-12/h2-7,22H,1H3,(H2,23,24,25). The van der Waals surface area contributed by atoms with Gasteiger partial charge in [0.25, 0.3) is 0 Å². The lowest BCUT2D eigenvalue weighted by atomic mass is 9.99. The summed E-state index contributed by atoms with van der Waals surface area (Å²) in [4.78, 5) is 19.5. The second kappa shape index (κ2) is 5.01. The Labute approximate surface area is 144 Å². The van der Waals surface area contributed by atoms with Crippen LogP contribution in [0, 0.1) is 18.6 Å². The van der Waals surface area contributed by atoms with Gasteiger partial charge in [0.2, 0.25) is 5.43 Å². The number of nitrogens with one attached hydrogen (secondary N) is 3. The fraction of sp³-hybridized carbons (Fsp3) is 0.0526. The van der Waals surface area contributed by atoms with Gasteiger partial charge < -0.3 is 10.1 Å². The second-order valence-electron chi connectivity index (χ2n) is 6.26. The van der Waals surface area contributed by atoms with Crippen molar-refractivity contribution in [2.75, 3.05) is 0 Å². The number of nitrogens with zero attached hydrogens (tertiary/aromatic N) is 1. The lowest BCUT2D eigenvalue weighted by Gasteiger charge is -2.09. The SMILES string of the molecule is Cc1[nH][nH]c2nc(-c3ccc4[nH]ccc4c3)c3c(F)cc(=O)c(F)c3c12. The third-order valence-corrected chi connectivity index (χ3v) is 4.70. The summed E-state index contributed by atoms with van der Waals surface area (Å²) in [5.41, 5.74) is 1.80. The lowest BCUT2D eigenvalue weighted by molar-refractivity contribution is 0.609. The number of aromatic amines is 3. The highest BCUT2D eigenvalue weighted by molar-refractivity contribution is 6.11. The van der Waals surface area contributed by atoms with E-state index in [0.717, 1.165) is 10.9 Å². The molecule has 0 saturated carbocycles. The van der Waals surface area contributed by atoms with Crippen LogP contribution in [0.2, 0.25) is 0 Å². The maximum atomic E-state index is 14.8. The van der Waals surface area contributed by atoms with Crippen molar-refractivity contribution in [1.82, 2.24) is 20.2 Å². The summed E-state index contributed by atoms with van der Waals surface area (Å²) in [7, 11) is 0. The molecule has 3 N–H and O–H groups in total. The summed E-state index contributed by atoms with van der Waals surface area (Å²) in [6, 6.07) is 8.05. The van der Waals surface area contributed by atoms with E-state index in [1.54, 1.807) is 19.2 Å². The van der Waals surface area contributed by atoms with E-state index in [9.17, 15) is 13.6 Å². The molecule has 5 aromatic rings. The van der Waals surface area contributed by atoms with Crippen molar-refractivity contribution in [3.05, 3.63) is 64.1 Å². The molecule has 128 valence electrons. The van der Waals surface area contributed by atoms with Gasteiger partial charge >= 0.3 is 0 Å². The van der Waals surface area contributed by atoms with E-state index < -0.39 is 17.1 Å². The number of rotatable bonds is 1. The predicted octanol–water partition coefficient (Wildman–Crippen LogP) is 4.14. The Morgan fingerprint density at radius 2 is 1.85 bits per heavy atom. The minimum atomic E-state index is -0.978. The number of fused-ring (bicyclic) bond motifs is 4. The van der Waals surface area contributed by atoms with Crippen LogP contribution in [0.5, 0.6) is 0 Å². The van der Waals surface area contributed by atoms with E-state index in [0.29, 0.717) is 28.4 Å². The topological polar surface area (TPSA) is 77.3 Å². The van der Waals surface area contributed by atoms with Gasteiger partial charge in [-0.25, -0.2) is 13.8 Å². The van der Waals surface area contributed by atoms with Crippen molar-refractivity contribution in [2.24, 2.45) is 0 Å². The molecule has 0 unspecified atom stereocenters. The first-order valence-electron chi connectivity index (χ1n) is 8.01. The minimum absolute atomic E-state index is 0.000542. The molecule has 2 aromatic carbocycles. The van der Waals surface area contributed by atoms with Crippen molar-refractivity contribution in [3.8, 4) is 11.3 Å². The summed E-state index contributed by atoms with van der Waals surface area (Å²) in [6.07, 6.45) is 1.80. The third kappa shape index (κ3) is 1.88. The van der Waals surface area contributed by atoms with Crippen LogP contribution in [0.3, 0.4) is 0 Å². The Morgan fingerprint density at radius 3 is 2.69 bits per heavy atom. The highest BCUT2D eigenvalue weighted by Gasteiger charge is 2.21. The summed E-state index contributed by atoms with van der Waals surface area (Å²) in [5.74, 6) is -1.76. The lowest BCUT2D eigenvalue weighted by Crippen LogP contribution is -2.08. The van der Waals surface area contributed by atoms with Crippen molar-refractivity contribution < 1.29 is 8.78 Å². The Kier molecular flexibility index (Phi) is 2.86. The molecule has 26 heavy (non-hydrogen) atoms.